The molecule has 0 unspecified atom stereocenters. The van der Waals surface area contributed by atoms with E-state index in [4.69, 9.17) is 37.4 Å². The van der Waals surface area contributed by atoms with Gasteiger partial charge in [0.05, 0.1) is 27.8 Å². The number of nitrogens with one attached hydrogen (secondary N) is 1. The van der Waals surface area contributed by atoms with Crippen molar-refractivity contribution < 1.29 is 23.9 Å². The molecule has 0 bridgehead atoms. The van der Waals surface area contributed by atoms with E-state index in [0.29, 0.717) is 30.3 Å². The molecule has 4 aromatic carbocycles. The average Bonchev–Trinajstić information content (AvgIpc) is 2.97. The number of rotatable bonds is 12. The molecule has 0 saturated carbocycles. The second-order valence-corrected chi connectivity index (χ2v) is 9.41. The van der Waals surface area contributed by atoms with Crippen LogP contribution in [-0.4, -0.2) is 23.7 Å². The predicted octanol–water partition coefficient (Wildman–Crippen LogP) is 7.22. The molecule has 0 fully saturated rings. The SMILES string of the molecule is CCOc1cc(COc2c(Cl)cc(/C=N/NC(=O)c3cccc([N+](=O)[O-])c3)cc2Cl)ccc1OCc1ccccc1. The molecule has 11 heteroatoms. The number of benzene rings is 4. The maximum Gasteiger partial charge on any atom is 0.271 e. The summed E-state index contributed by atoms with van der Waals surface area (Å²) in [6.45, 7) is 2.95. The number of non-ortho nitro benzene ring substituents is 1. The molecule has 9 nitrogen and oxygen atoms in total. The monoisotopic (exact) mass is 593 g/mol. The van der Waals surface area contributed by atoms with Crippen LogP contribution in [0.25, 0.3) is 0 Å². The quantitative estimate of drug-likeness (QED) is 0.105. The van der Waals surface area contributed by atoms with Crippen molar-refractivity contribution >= 4 is 41.0 Å². The Labute approximate surface area is 246 Å². The van der Waals surface area contributed by atoms with Gasteiger partial charge in [-0.1, -0.05) is 65.7 Å². The number of ether oxygens (including phenoxy) is 3. The van der Waals surface area contributed by atoms with Gasteiger partial charge < -0.3 is 14.2 Å². The smallest absolute Gasteiger partial charge is 0.271 e. The molecule has 0 aliphatic rings. The number of nitrogens with zero attached hydrogens (tertiary/aromatic N) is 2. The summed E-state index contributed by atoms with van der Waals surface area (Å²) in [4.78, 5) is 22.6. The average molecular weight is 594 g/mol. The van der Waals surface area contributed by atoms with E-state index in [0.717, 1.165) is 17.2 Å². The number of hydrogen-bond donors (Lipinski definition) is 1. The van der Waals surface area contributed by atoms with Crippen molar-refractivity contribution in [1.82, 2.24) is 5.43 Å². The molecule has 1 amide bonds. The van der Waals surface area contributed by atoms with E-state index in [9.17, 15) is 14.9 Å². The molecule has 1 N–H and O–H groups in total. The van der Waals surface area contributed by atoms with Crippen molar-refractivity contribution in [2.75, 3.05) is 6.61 Å². The predicted molar refractivity (Wildman–Crippen MR) is 157 cm³/mol. The molecule has 0 saturated heterocycles. The lowest BCUT2D eigenvalue weighted by atomic mass is 10.2. The largest absolute Gasteiger partial charge is 0.490 e. The first-order valence-electron chi connectivity index (χ1n) is 12.5. The molecule has 210 valence electrons. The molecular weight excluding hydrogens is 569 g/mol. The van der Waals surface area contributed by atoms with Gasteiger partial charge in [-0.2, -0.15) is 5.10 Å². The lowest BCUT2D eigenvalue weighted by molar-refractivity contribution is -0.384. The number of carbonyl (C=O) groups excluding carboxylic acids is 1. The molecule has 0 radical (unpaired) electrons. The molecule has 0 spiro atoms. The lowest BCUT2D eigenvalue weighted by Crippen LogP contribution is -2.17. The zero-order chi connectivity index (χ0) is 29.2. The summed E-state index contributed by atoms with van der Waals surface area (Å²) >= 11 is 12.8. The Bertz CT molecular complexity index is 1540. The summed E-state index contributed by atoms with van der Waals surface area (Å²) < 4.78 is 17.6. The number of carbonyl (C=O) groups is 1. The van der Waals surface area contributed by atoms with Crippen LogP contribution in [0, 0.1) is 10.1 Å². The van der Waals surface area contributed by atoms with Gasteiger partial charge in [0.1, 0.15) is 13.2 Å². The first-order valence-corrected chi connectivity index (χ1v) is 13.2. The van der Waals surface area contributed by atoms with Gasteiger partial charge in [-0.3, -0.25) is 14.9 Å². The summed E-state index contributed by atoms with van der Waals surface area (Å²) in [5.74, 6) is 0.899. The third-order valence-corrected chi connectivity index (χ3v) is 6.21. The normalized spacial score (nSPS) is 10.8. The minimum Gasteiger partial charge on any atom is -0.490 e. The minimum absolute atomic E-state index is 0.0967. The molecule has 0 aliphatic carbocycles. The van der Waals surface area contributed by atoms with Crippen LogP contribution >= 0.6 is 23.2 Å². The number of nitro benzene ring substituents is 1. The van der Waals surface area contributed by atoms with Gasteiger partial charge in [0, 0.05) is 17.7 Å². The molecule has 0 heterocycles. The Kier molecular flexibility index (Phi) is 10.1. The standard InChI is InChI=1S/C30H25Cl2N3O6/c1-2-39-28-15-21(11-12-27(28)40-18-20-7-4-3-5-8-20)19-41-29-25(31)13-22(14-26(29)32)17-33-34-30(36)23-9-6-10-24(16-23)35(37)38/h3-17H,2,18-19H2,1H3,(H,34,36)/b33-17+. The number of halogens is 2. The highest BCUT2D eigenvalue weighted by molar-refractivity contribution is 6.37. The topological polar surface area (TPSA) is 112 Å². The van der Waals surface area contributed by atoms with Crippen LogP contribution < -0.4 is 19.6 Å². The van der Waals surface area contributed by atoms with Gasteiger partial charge in [-0.25, -0.2) is 5.43 Å². The van der Waals surface area contributed by atoms with Crippen molar-refractivity contribution in [3.63, 3.8) is 0 Å². The van der Waals surface area contributed by atoms with Crippen LogP contribution in [0.15, 0.2) is 90.0 Å². The van der Waals surface area contributed by atoms with Gasteiger partial charge in [0.15, 0.2) is 17.2 Å². The maximum atomic E-state index is 12.3. The van der Waals surface area contributed by atoms with Gasteiger partial charge in [0.25, 0.3) is 11.6 Å². The number of nitro groups is 1. The van der Waals surface area contributed by atoms with Crippen molar-refractivity contribution in [3.05, 3.63) is 127 Å². The van der Waals surface area contributed by atoms with Crippen LogP contribution in [0.5, 0.6) is 17.2 Å². The first-order chi connectivity index (χ1) is 19.8. The van der Waals surface area contributed by atoms with E-state index in [1.54, 1.807) is 12.1 Å². The van der Waals surface area contributed by atoms with Crippen molar-refractivity contribution in [3.8, 4) is 17.2 Å². The van der Waals surface area contributed by atoms with Gasteiger partial charge in [-0.05, 0) is 53.9 Å². The Morgan fingerprint density at radius 2 is 1.61 bits per heavy atom. The highest BCUT2D eigenvalue weighted by atomic mass is 35.5. The molecule has 4 aromatic rings. The van der Waals surface area contributed by atoms with E-state index in [-0.39, 0.29) is 33.7 Å². The van der Waals surface area contributed by atoms with Crippen LogP contribution in [-0.2, 0) is 13.2 Å². The van der Waals surface area contributed by atoms with Gasteiger partial charge in [-0.15, -0.1) is 0 Å². The van der Waals surface area contributed by atoms with E-state index in [1.807, 2.05) is 55.5 Å². The van der Waals surface area contributed by atoms with Crippen molar-refractivity contribution in [2.24, 2.45) is 5.10 Å². The number of amides is 1. The summed E-state index contributed by atoms with van der Waals surface area (Å²) in [5.41, 5.74) is 4.59. The Hall–Kier alpha value is -4.60. The van der Waals surface area contributed by atoms with Crippen molar-refractivity contribution in [2.45, 2.75) is 20.1 Å². The summed E-state index contributed by atoms with van der Waals surface area (Å²) in [6, 6.07) is 23.9. The third-order valence-electron chi connectivity index (χ3n) is 5.65. The zero-order valence-corrected chi connectivity index (χ0v) is 23.4. The van der Waals surface area contributed by atoms with Gasteiger partial charge >= 0.3 is 0 Å². The van der Waals surface area contributed by atoms with Crippen LogP contribution in [0.2, 0.25) is 10.0 Å². The molecule has 0 atom stereocenters. The van der Waals surface area contributed by atoms with E-state index in [1.165, 1.54) is 24.4 Å². The summed E-state index contributed by atoms with van der Waals surface area (Å²) in [5, 5.41) is 15.3. The Balaban J connectivity index is 1.38. The first kappa shape index (κ1) is 29.4. The fourth-order valence-corrected chi connectivity index (χ4v) is 4.32. The molecular formula is C30H25Cl2N3O6. The summed E-state index contributed by atoms with van der Waals surface area (Å²) in [6.07, 6.45) is 1.35. The van der Waals surface area contributed by atoms with Crippen LogP contribution in [0.4, 0.5) is 5.69 Å². The summed E-state index contributed by atoms with van der Waals surface area (Å²) in [7, 11) is 0. The third kappa shape index (κ3) is 8.20. The van der Waals surface area contributed by atoms with E-state index in [2.05, 4.69) is 10.5 Å². The van der Waals surface area contributed by atoms with Crippen LogP contribution in [0.1, 0.15) is 34.0 Å². The van der Waals surface area contributed by atoms with E-state index >= 15 is 0 Å². The zero-order valence-electron chi connectivity index (χ0n) is 21.9. The molecule has 0 aromatic heterocycles. The molecule has 0 aliphatic heterocycles. The Morgan fingerprint density at radius 1 is 0.878 bits per heavy atom. The van der Waals surface area contributed by atoms with Crippen LogP contribution in [0.3, 0.4) is 0 Å². The molecule has 4 rings (SSSR count). The fraction of sp³-hybridized carbons (Fsp3) is 0.133. The number of hydrogen-bond acceptors (Lipinski definition) is 7. The second-order valence-electron chi connectivity index (χ2n) is 8.60. The highest BCUT2D eigenvalue weighted by Gasteiger charge is 2.13. The lowest BCUT2D eigenvalue weighted by Gasteiger charge is -2.15. The van der Waals surface area contributed by atoms with E-state index < -0.39 is 10.8 Å². The van der Waals surface area contributed by atoms with Crippen molar-refractivity contribution in [1.29, 1.82) is 0 Å². The molecule has 41 heavy (non-hydrogen) atoms. The maximum absolute atomic E-state index is 12.3. The number of hydrazone groups is 1. The highest BCUT2D eigenvalue weighted by Crippen LogP contribution is 2.35. The van der Waals surface area contributed by atoms with Gasteiger partial charge in [0.2, 0.25) is 0 Å². The minimum atomic E-state index is -0.606. The Morgan fingerprint density at radius 3 is 2.32 bits per heavy atom. The fourth-order valence-electron chi connectivity index (χ4n) is 3.70. The second kappa shape index (κ2) is 14.2.